The molecule has 0 saturated carbocycles. The summed E-state index contributed by atoms with van der Waals surface area (Å²) in [6, 6.07) is 0. The maximum Gasteiger partial charge on any atom is 0.0643 e. The fourth-order valence-corrected chi connectivity index (χ4v) is 0.654. The number of hydrogen-bond donors (Lipinski definition) is 0. The molecule has 0 rings (SSSR count). The van der Waals surface area contributed by atoms with Crippen molar-refractivity contribution in [1.29, 1.82) is 0 Å². The van der Waals surface area contributed by atoms with Crippen LogP contribution in [0.25, 0.3) is 0 Å². The first-order valence-corrected chi connectivity index (χ1v) is 4.03. The van der Waals surface area contributed by atoms with Crippen LogP contribution in [0, 0.1) is 0 Å². The normalized spacial score (nSPS) is 11.6. The first kappa shape index (κ1) is 10.7. The second-order valence-corrected chi connectivity index (χ2v) is 2.63. The van der Waals surface area contributed by atoms with Crippen LogP contribution in [-0.4, -0.2) is 26.4 Å². The van der Waals surface area contributed by atoms with Crippen molar-refractivity contribution < 1.29 is 9.47 Å². The Balaban J connectivity index is 3.01. The SMILES string of the molecule is COC/C=C/CCOC(C)C. The molecular weight excluding hydrogens is 140 g/mol. The van der Waals surface area contributed by atoms with E-state index < -0.39 is 0 Å². The van der Waals surface area contributed by atoms with Crippen LogP contribution >= 0.6 is 0 Å². The molecule has 0 heterocycles. The highest BCUT2D eigenvalue weighted by Gasteiger charge is 1.88. The van der Waals surface area contributed by atoms with Crippen molar-refractivity contribution in [2.75, 3.05) is 20.3 Å². The molecule has 0 atom stereocenters. The molecule has 0 bridgehead atoms. The summed E-state index contributed by atoms with van der Waals surface area (Å²) in [6.45, 7) is 5.58. The molecule has 0 aliphatic heterocycles. The summed E-state index contributed by atoms with van der Waals surface area (Å²) < 4.78 is 10.2. The van der Waals surface area contributed by atoms with Crippen molar-refractivity contribution in [2.45, 2.75) is 26.4 Å². The van der Waals surface area contributed by atoms with Crippen LogP contribution in [-0.2, 0) is 9.47 Å². The number of rotatable bonds is 6. The number of ether oxygens (including phenoxy) is 2. The number of methoxy groups -OCH3 is 1. The lowest BCUT2D eigenvalue weighted by molar-refractivity contribution is 0.0825. The summed E-state index contributed by atoms with van der Waals surface area (Å²) >= 11 is 0. The van der Waals surface area contributed by atoms with E-state index in [1.165, 1.54) is 0 Å². The predicted octanol–water partition coefficient (Wildman–Crippen LogP) is 2.00. The maximum absolute atomic E-state index is 5.33. The van der Waals surface area contributed by atoms with Crippen LogP contribution in [0.3, 0.4) is 0 Å². The lowest BCUT2D eigenvalue weighted by atomic mass is 10.4. The molecule has 0 aromatic heterocycles. The van der Waals surface area contributed by atoms with Crippen LogP contribution in [0.4, 0.5) is 0 Å². The molecule has 11 heavy (non-hydrogen) atoms. The number of hydrogen-bond acceptors (Lipinski definition) is 2. The summed E-state index contributed by atoms with van der Waals surface area (Å²) in [6.07, 6.45) is 5.39. The van der Waals surface area contributed by atoms with Crippen LogP contribution in [0.5, 0.6) is 0 Å². The van der Waals surface area contributed by atoms with Gasteiger partial charge in [0.2, 0.25) is 0 Å². The zero-order chi connectivity index (χ0) is 8.53. The molecule has 0 aliphatic carbocycles. The summed E-state index contributed by atoms with van der Waals surface area (Å²) in [4.78, 5) is 0. The average molecular weight is 158 g/mol. The molecule has 0 unspecified atom stereocenters. The van der Waals surface area contributed by atoms with Gasteiger partial charge in [0.25, 0.3) is 0 Å². The van der Waals surface area contributed by atoms with Gasteiger partial charge in [-0.25, -0.2) is 0 Å². The molecule has 2 heteroatoms. The van der Waals surface area contributed by atoms with Crippen molar-refractivity contribution in [1.82, 2.24) is 0 Å². The van der Waals surface area contributed by atoms with E-state index in [0.717, 1.165) is 13.0 Å². The van der Waals surface area contributed by atoms with E-state index in [-0.39, 0.29) is 0 Å². The molecule has 0 spiro atoms. The highest BCUT2D eigenvalue weighted by atomic mass is 16.5. The highest BCUT2D eigenvalue weighted by Crippen LogP contribution is 1.91. The predicted molar refractivity (Wildman–Crippen MR) is 46.7 cm³/mol. The van der Waals surface area contributed by atoms with E-state index in [1.807, 2.05) is 19.9 Å². The molecule has 66 valence electrons. The van der Waals surface area contributed by atoms with Gasteiger partial charge < -0.3 is 9.47 Å². The van der Waals surface area contributed by atoms with Gasteiger partial charge in [0.15, 0.2) is 0 Å². The lowest BCUT2D eigenvalue weighted by Gasteiger charge is -2.04. The van der Waals surface area contributed by atoms with Crippen molar-refractivity contribution in [3.05, 3.63) is 12.2 Å². The molecule has 0 aromatic carbocycles. The Bertz CT molecular complexity index is 97.7. The third-order valence-corrected chi connectivity index (χ3v) is 1.17. The summed E-state index contributed by atoms with van der Waals surface area (Å²) in [5.41, 5.74) is 0. The average Bonchev–Trinajstić information content (AvgIpc) is 1.96. The smallest absolute Gasteiger partial charge is 0.0643 e. The van der Waals surface area contributed by atoms with Gasteiger partial charge in [-0.1, -0.05) is 12.2 Å². The molecule has 2 nitrogen and oxygen atoms in total. The molecule has 0 saturated heterocycles. The zero-order valence-electron chi connectivity index (χ0n) is 7.67. The Morgan fingerprint density at radius 2 is 2.00 bits per heavy atom. The first-order chi connectivity index (χ1) is 5.27. The summed E-state index contributed by atoms with van der Waals surface area (Å²) in [7, 11) is 1.69. The monoisotopic (exact) mass is 158 g/mol. The van der Waals surface area contributed by atoms with Gasteiger partial charge in [0, 0.05) is 7.11 Å². The van der Waals surface area contributed by atoms with E-state index in [1.54, 1.807) is 7.11 Å². The summed E-state index contributed by atoms with van der Waals surface area (Å²) in [5.74, 6) is 0. The van der Waals surface area contributed by atoms with Gasteiger partial charge in [-0.3, -0.25) is 0 Å². The maximum atomic E-state index is 5.33. The molecule has 0 N–H and O–H groups in total. The molecule has 0 aromatic rings. The van der Waals surface area contributed by atoms with E-state index in [2.05, 4.69) is 6.08 Å². The molecular formula is C9H18O2. The van der Waals surface area contributed by atoms with Gasteiger partial charge >= 0.3 is 0 Å². The highest BCUT2D eigenvalue weighted by molar-refractivity contribution is 4.80. The second kappa shape index (κ2) is 7.76. The van der Waals surface area contributed by atoms with E-state index in [0.29, 0.717) is 12.7 Å². The van der Waals surface area contributed by atoms with Crippen LogP contribution in [0.1, 0.15) is 20.3 Å². The van der Waals surface area contributed by atoms with Crippen molar-refractivity contribution in [2.24, 2.45) is 0 Å². The van der Waals surface area contributed by atoms with Gasteiger partial charge in [-0.05, 0) is 20.3 Å². The lowest BCUT2D eigenvalue weighted by Crippen LogP contribution is -2.02. The zero-order valence-corrected chi connectivity index (χ0v) is 7.67. The second-order valence-electron chi connectivity index (χ2n) is 2.63. The Kier molecular flexibility index (Phi) is 7.52. The minimum atomic E-state index is 0.339. The quantitative estimate of drug-likeness (QED) is 0.435. The third-order valence-electron chi connectivity index (χ3n) is 1.17. The topological polar surface area (TPSA) is 18.5 Å². The Morgan fingerprint density at radius 1 is 1.27 bits per heavy atom. The van der Waals surface area contributed by atoms with Gasteiger partial charge in [-0.2, -0.15) is 0 Å². The van der Waals surface area contributed by atoms with E-state index in [4.69, 9.17) is 9.47 Å². The Morgan fingerprint density at radius 3 is 2.55 bits per heavy atom. The Labute approximate surface area is 69.2 Å². The van der Waals surface area contributed by atoms with Gasteiger partial charge in [-0.15, -0.1) is 0 Å². The van der Waals surface area contributed by atoms with E-state index in [9.17, 15) is 0 Å². The van der Waals surface area contributed by atoms with Crippen molar-refractivity contribution >= 4 is 0 Å². The fraction of sp³-hybridized carbons (Fsp3) is 0.778. The van der Waals surface area contributed by atoms with Crippen LogP contribution < -0.4 is 0 Å². The van der Waals surface area contributed by atoms with E-state index >= 15 is 0 Å². The molecule has 0 aliphatic rings. The molecule has 0 radical (unpaired) electrons. The largest absolute Gasteiger partial charge is 0.381 e. The third kappa shape index (κ3) is 9.66. The van der Waals surface area contributed by atoms with Gasteiger partial charge in [0.05, 0.1) is 19.3 Å². The minimum absolute atomic E-state index is 0.339. The Hall–Kier alpha value is -0.340. The fourth-order valence-electron chi connectivity index (χ4n) is 0.654. The first-order valence-electron chi connectivity index (χ1n) is 4.03. The standard InChI is InChI=1S/C9H18O2/c1-9(2)11-8-6-4-5-7-10-3/h4-5,9H,6-8H2,1-3H3/b5-4+. The van der Waals surface area contributed by atoms with Crippen LogP contribution in [0.2, 0.25) is 0 Å². The van der Waals surface area contributed by atoms with Crippen LogP contribution in [0.15, 0.2) is 12.2 Å². The molecule has 0 amide bonds. The minimum Gasteiger partial charge on any atom is -0.381 e. The molecule has 0 fully saturated rings. The van der Waals surface area contributed by atoms with Crippen molar-refractivity contribution in [3.8, 4) is 0 Å². The van der Waals surface area contributed by atoms with Gasteiger partial charge in [0.1, 0.15) is 0 Å². The summed E-state index contributed by atoms with van der Waals surface area (Å²) in [5, 5.41) is 0. The van der Waals surface area contributed by atoms with Crippen molar-refractivity contribution in [3.63, 3.8) is 0 Å².